The summed E-state index contributed by atoms with van der Waals surface area (Å²) in [6.07, 6.45) is 0. The molecule has 0 saturated carbocycles. The van der Waals surface area contributed by atoms with E-state index in [1.807, 2.05) is 22.9 Å². The fourth-order valence-electron chi connectivity index (χ4n) is 0.227. The van der Waals surface area contributed by atoms with Gasteiger partial charge in [-0.05, 0) is 10.8 Å². The molecule has 1 heterocycles. The van der Waals surface area contributed by atoms with E-state index in [1.165, 1.54) is 0 Å². The molecule has 10 heavy (non-hydrogen) atoms. The zero-order chi connectivity index (χ0) is 8.04. The predicted octanol–water partition coefficient (Wildman–Crippen LogP) is 0.819. The van der Waals surface area contributed by atoms with Crippen molar-refractivity contribution in [2.24, 2.45) is 0 Å². The second kappa shape index (κ2) is 4.60. The molecule has 58 valence electrons. The predicted molar refractivity (Wildman–Crippen MR) is 38.6 cm³/mol. The Balaban J connectivity index is 0.000000162. The minimum Gasteiger partial charge on any atom is -0.303 e. The minimum absolute atomic E-state index is 1.71. The topological polar surface area (TPSA) is 77.8 Å². The van der Waals surface area contributed by atoms with Gasteiger partial charge in [0.15, 0.2) is 0 Å². The van der Waals surface area contributed by atoms with Gasteiger partial charge in [0, 0.05) is 0 Å². The maximum atomic E-state index is 8.88. The molecular weight excluding hydrogens is 175 g/mol. The third-order valence-electron chi connectivity index (χ3n) is 0.425. The highest BCUT2D eigenvalue weighted by atomic mass is 32.1. The van der Waals surface area contributed by atoms with Crippen LogP contribution in [0.3, 0.4) is 0 Å². The van der Waals surface area contributed by atoms with E-state index in [0.29, 0.717) is 0 Å². The molecule has 0 aliphatic heterocycles. The first kappa shape index (κ1) is 9.81. The molecular formula is C4H7O4PS. The van der Waals surface area contributed by atoms with E-state index in [2.05, 4.69) is 0 Å². The number of hydrogen-bond acceptors (Lipinski definition) is 2. The Morgan fingerprint density at radius 2 is 1.40 bits per heavy atom. The first-order chi connectivity index (χ1) is 4.50. The van der Waals surface area contributed by atoms with Crippen molar-refractivity contribution < 1.29 is 19.2 Å². The van der Waals surface area contributed by atoms with Crippen LogP contribution in [0, 0.1) is 0 Å². The zero-order valence-corrected chi connectivity index (χ0v) is 6.63. The van der Waals surface area contributed by atoms with Crippen LogP contribution in [0.4, 0.5) is 0 Å². The van der Waals surface area contributed by atoms with E-state index in [4.69, 9.17) is 19.2 Å². The number of hydrogen-bond donors (Lipinski definition) is 3. The largest absolute Gasteiger partial charge is 0.466 e. The van der Waals surface area contributed by atoms with Gasteiger partial charge in [0.1, 0.15) is 0 Å². The summed E-state index contributed by atoms with van der Waals surface area (Å²) < 4.78 is 8.88. The van der Waals surface area contributed by atoms with E-state index < -0.39 is 7.82 Å². The summed E-state index contributed by atoms with van der Waals surface area (Å²) in [6.45, 7) is 0. The number of rotatable bonds is 0. The molecule has 6 heteroatoms. The summed E-state index contributed by atoms with van der Waals surface area (Å²) >= 11 is 1.71. The van der Waals surface area contributed by atoms with Crippen LogP contribution >= 0.6 is 19.2 Å². The lowest BCUT2D eigenvalue weighted by Crippen LogP contribution is -1.66. The summed E-state index contributed by atoms with van der Waals surface area (Å²) in [5, 5.41) is 4.08. The Labute approximate surface area is 62.0 Å². The molecule has 1 rings (SSSR count). The summed E-state index contributed by atoms with van der Waals surface area (Å²) in [5.74, 6) is 0. The summed E-state index contributed by atoms with van der Waals surface area (Å²) in [5.41, 5.74) is 0. The maximum absolute atomic E-state index is 8.88. The molecule has 0 saturated heterocycles. The lowest BCUT2D eigenvalue weighted by molar-refractivity contribution is 0.275. The van der Waals surface area contributed by atoms with Crippen molar-refractivity contribution in [1.82, 2.24) is 0 Å². The van der Waals surface area contributed by atoms with Gasteiger partial charge in [-0.3, -0.25) is 0 Å². The molecule has 0 amide bonds. The van der Waals surface area contributed by atoms with Gasteiger partial charge in [0.2, 0.25) is 0 Å². The van der Waals surface area contributed by atoms with Gasteiger partial charge in [0.25, 0.3) is 0 Å². The van der Waals surface area contributed by atoms with Crippen molar-refractivity contribution in [1.29, 1.82) is 0 Å². The Kier molecular flexibility index (Phi) is 4.51. The molecule has 0 aliphatic rings. The summed E-state index contributed by atoms with van der Waals surface area (Å²) in [4.78, 5) is 21.6. The highest BCUT2D eigenvalue weighted by Gasteiger charge is 2.00. The van der Waals surface area contributed by atoms with Gasteiger partial charge < -0.3 is 14.7 Å². The third-order valence-corrected chi connectivity index (χ3v) is 1.05. The van der Waals surface area contributed by atoms with Gasteiger partial charge in [-0.15, -0.1) is 0 Å². The van der Waals surface area contributed by atoms with E-state index in [-0.39, 0.29) is 0 Å². The van der Waals surface area contributed by atoms with Crippen LogP contribution in [0.2, 0.25) is 0 Å². The van der Waals surface area contributed by atoms with Crippen molar-refractivity contribution in [2.75, 3.05) is 0 Å². The van der Waals surface area contributed by atoms with E-state index >= 15 is 0 Å². The van der Waals surface area contributed by atoms with E-state index in [1.54, 1.807) is 11.3 Å². The van der Waals surface area contributed by atoms with Gasteiger partial charge in [-0.1, -0.05) is 12.1 Å². The Morgan fingerprint density at radius 3 is 1.50 bits per heavy atom. The molecule has 0 atom stereocenters. The van der Waals surface area contributed by atoms with Crippen molar-refractivity contribution in [2.45, 2.75) is 0 Å². The normalized spacial score (nSPS) is 9.90. The molecule has 0 aromatic carbocycles. The fraction of sp³-hybridized carbons (Fsp3) is 0. The molecule has 3 N–H and O–H groups in total. The first-order valence-electron chi connectivity index (χ1n) is 2.25. The molecule has 0 bridgehead atoms. The average molecular weight is 182 g/mol. The van der Waals surface area contributed by atoms with Crippen LogP contribution in [-0.4, -0.2) is 14.7 Å². The molecule has 0 spiro atoms. The molecule has 1 aromatic heterocycles. The monoisotopic (exact) mass is 182 g/mol. The molecule has 0 radical (unpaired) electrons. The van der Waals surface area contributed by atoms with Crippen LogP contribution in [0.25, 0.3) is 0 Å². The Hall–Kier alpha value is -0.190. The Morgan fingerprint density at radius 1 is 1.10 bits per heavy atom. The fourth-order valence-corrected chi connectivity index (χ4v) is 0.680. The van der Waals surface area contributed by atoms with Crippen LogP contribution in [0.1, 0.15) is 0 Å². The first-order valence-corrected chi connectivity index (χ1v) is 4.76. The SMILES string of the molecule is O=P(O)(O)O.c1ccsc1. The highest BCUT2D eigenvalue weighted by molar-refractivity contribution is 7.45. The molecule has 0 unspecified atom stereocenters. The van der Waals surface area contributed by atoms with Crippen molar-refractivity contribution in [3.05, 3.63) is 22.9 Å². The minimum atomic E-state index is -4.64. The maximum Gasteiger partial charge on any atom is 0.466 e. The number of thiophene rings is 1. The third kappa shape index (κ3) is 15.7. The quantitative estimate of drug-likeness (QED) is 0.519. The van der Waals surface area contributed by atoms with Gasteiger partial charge in [-0.25, -0.2) is 4.57 Å². The van der Waals surface area contributed by atoms with Gasteiger partial charge >= 0.3 is 7.82 Å². The Bertz CT molecular complexity index is 166. The van der Waals surface area contributed by atoms with E-state index in [0.717, 1.165) is 0 Å². The second-order valence-electron chi connectivity index (χ2n) is 1.31. The van der Waals surface area contributed by atoms with Crippen LogP contribution in [-0.2, 0) is 4.57 Å². The smallest absolute Gasteiger partial charge is 0.303 e. The molecule has 4 nitrogen and oxygen atoms in total. The van der Waals surface area contributed by atoms with Crippen LogP contribution in [0.15, 0.2) is 22.9 Å². The lowest BCUT2D eigenvalue weighted by atomic mass is 10.7. The van der Waals surface area contributed by atoms with Crippen molar-refractivity contribution in [3.8, 4) is 0 Å². The summed E-state index contributed by atoms with van der Waals surface area (Å²) in [6, 6.07) is 4.04. The lowest BCUT2D eigenvalue weighted by Gasteiger charge is -1.82. The second-order valence-corrected chi connectivity index (χ2v) is 3.15. The van der Waals surface area contributed by atoms with Gasteiger partial charge in [-0.2, -0.15) is 11.3 Å². The summed E-state index contributed by atoms with van der Waals surface area (Å²) in [7, 11) is -4.64. The average Bonchev–Trinajstić information content (AvgIpc) is 2.07. The van der Waals surface area contributed by atoms with Crippen LogP contribution < -0.4 is 0 Å². The molecule has 0 aliphatic carbocycles. The number of phosphoric acid groups is 1. The van der Waals surface area contributed by atoms with Crippen molar-refractivity contribution in [3.63, 3.8) is 0 Å². The van der Waals surface area contributed by atoms with Gasteiger partial charge in [0.05, 0.1) is 0 Å². The highest BCUT2D eigenvalue weighted by Crippen LogP contribution is 2.25. The standard InChI is InChI=1S/C4H4S.H3O4P/c1-2-4-5-3-1;1-5(2,3)4/h1-4H;(H3,1,2,3,4). The molecule has 1 aromatic rings. The van der Waals surface area contributed by atoms with Crippen molar-refractivity contribution >= 4 is 19.2 Å². The van der Waals surface area contributed by atoms with Crippen LogP contribution in [0.5, 0.6) is 0 Å². The zero-order valence-electron chi connectivity index (χ0n) is 4.91. The molecule has 0 fully saturated rings. The van der Waals surface area contributed by atoms with E-state index in [9.17, 15) is 0 Å².